The van der Waals surface area contributed by atoms with Gasteiger partial charge in [0.15, 0.2) is 0 Å². The van der Waals surface area contributed by atoms with Gasteiger partial charge in [0.2, 0.25) is 5.82 Å². The van der Waals surface area contributed by atoms with Crippen molar-refractivity contribution in [3.63, 3.8) is 0 Å². The molecule has 0 unspecified atom stereocenters. The molecule has 6 nitrogen and oxygen atoms in total. The summed E-state index contributed by atoms with van der Waals surface area (Å²) in [5.41, 5.74) is 2.16. The van der Waals surface area contributed by atoms with Gasteiger partial charge in [-0.15, -0.1) is 17.5 Å². The van der Waals surface area contributed by atoms with E-state index in [0.29, 0.717) is 18.3 Å². The summed E-state index contributed by atoms with van der Waals surface area (Å²) >= 11 is 0. The first-order chi connectivity index (χ1) is 11.0. The number of aromatic nitrogens is 3. The lowest BCUT2D eigenvalue weighted by Crippen LogP contribution is -2.27. The lowest BCUT2D eigenvalue weighted by atomic mass is 10.0. The van der Waals surface area contributed by atoms with Crippen molar-refractivity contribution in [1.82, 2.24) is 25.4 Å². The number of nitrogens with zero attached hydrogens (tertiary/aromatic N) is 3. The standard InChI is InChI=1S/C17H25N5O.ClH/c1-12(2)14-8-5-6-9-15(14)22-13(3)20-16(21-22)17(23)19-11-7-10-18-4;/h5-6,8-9,12,18H,7,10-11H2,1-4H3,(H,19,23);1H. The maximum Gasteiger partial charge on any atom is 0.290 e. The molecule has 2 rings (SSSR count). The van der Waals surface area contributed by atoms with Crippen LogP contribution in [0.5, 0.6) is 0 Å². The Morgan fingerprint density at radius 2 is 1.96 bits per heavy atom. The summed E-state index contributed by atoms with van der Waals surface area (Å²) in [5.74, 6) is 1.06. The molecule has 0 atom stereocenters. The monoisotopic (exact) mass is 351 g/mol. The van der Waals surface area contributed by atoms with E-state index in [-0.39, 0.29) is 24.1 Å². The van der Waals surface area contributed by atoms with Crippen molar-refractivity contribution >= 4 is 18.3 Å². The minimum Gasteiger partial charge on any atom is -0.349 e. The molecule has 132 valence electrons. The highest BCUT2D eigenvalue weighted by atomic mass is 35.5. The smallest absolute Gasteiger partial charge is 0.290 e. The van der Waals surface area contributed by atoms with Gasteiger partial charge in [-0.2, -0.15) is 0 Å². The van der Waals surface area contributed by atoms with E-state index in [4.69, 9.17) is 0 Å². The van der Waals surface area contributed by atoms with E-state index < -0.39 is 0 Å². The first kappa shape index (κ1) is 20.1. The van der Waals surface area contributed by atoms with Gasteiger partial charge in [-0.3, -0.25) is 4.79 Å². The molecule has 0 saturated heterocycles. The molecule has 0 spiro atoms. The predicted molar refractivity (Wildman–Crippen MR) is 98.3 cm³/mol. The van der Waals surface area contributed by atoms with Gasteiger partial charge in [0.25, 0.3) is 5.91 Å². The fraction of sp³-hybridized carbons (Fsp3) is 0.471. The van der Waals surface area contributed by atoms with Gasteiger partial charge in [-0.05, 0) is 44.5 Å². The highest BCUT2D eigenvalue weighted by molar-refractivity contribution is 5.90. The van der Waals surface area contributed by atoms with Gasteiger partial charge in [-0.1, -0.05) is 32.0 Å². The quantitative estimate of drug-likeness (QED) is 0.752. The molecule has 0 fully saturated rings. The highest BCUT2D eigenvalue weighted by Crippen LogP contribution is 2.23. The molecule has 0 aliphatic heterocycles. The van der Waals surface area contributed by atoms with Gasteiger partial charge in [0, 0.05) is 6.54 Å². The van der Waals surface area contributed by atoms with Crippen molar-refractivity contribution in [1.29, 1.82) is 0 Å². The van der Waals surface area contributed by atoms with Crippen LogP contribution in [0.4, 0.5) is 0 Å². The van der Waals surface area contributed by atoms with Crippen LogP contribution in [-0.2, 0) is 0 Å². The average molecular weight is 352 g/mol. The van der Waals surface area contributed by atoms with Gasteiger partial charge in [0.05, 0.1) is 5.69 Å². The zero-order valence-corrected chi connectivity index (χ0v) is 15.5. The van der Waals surface area contributed by atoms with Crippen LogP contribution >= 0.6 is 12.4 Å². The lowest BCUT2D eigenvalue weighted by molar-refractivity contribution is 0.0943. The number of amides is 1. The number of para-hydroxylation sites is 1. The second-order valence-electron chi connectivity index (χ2n) is 5.82. The van der Waals surface area contributed by atoms with Gasteiger partial charge >= 0.3 is 0 Å². The fourth-order valence-corrected chi connectivity index (χ4v) is 2.43. The molecule has 1 heterocycles. The number of hydrogen-bond acceptors (Lipinski definition) is 4. The third-order valence-corrected chi connectivity index (χ3v) is 3.65. The number of hydrogen-bond donors (Lipinski definition) is 2. The first-order valence-corrected chi connectivity index (χ1v) is 8.00. The van der Waals surface area contributed by atoms with Crippen molar-refractivity contribution in [2.24, 2.45) is 0 Å². The normalized spacial score (nSPS) is 10.5. The van der Waals surface area contributed by atoms with Crippen molar-refractivity contribution in [3.8, 4) is 5.69 Å². The summed E-state index contributed by atoms with van der Waals surface area (Å²) in [6.07, 6.45) is 0.873. The number of halogens is 1. The van der Waals surface area contributed by atoms with E-state index in [1.807, 2.05) is 32.2 Å². The number of benzene rings is 1. The van der Waals surface area contributed by atoms with E-state index in [1.165, 1.54) is 5.56 Å². The summed E-state index contributed by atoms with van der Waals surface area (Å²) in [4.78, 5) is 16.5. The Morgan fingerprint density at radius 3 is 2.62 bits per heavy atom. The lowest BCUT2D eigenvalue weighted by Gasteiger charge is -2.12. The molecule has 1 aromatic carbocycles. The largest absolute Gasteiger partial charge is 0.349 e. The zero-order valence-electron chi connectivity index (χ0n) is 14.7. The Bertz CT molecular complexity index is 669. The molecule has 1 aromatic heterocycles. The van der Waals surface area contributed by atoms with Crippen molar-refractivity contribution in [3.05, 3.63) is 41.5 Å². The molecule has 0 bridgehead atoms. The van der Waals surface area contributed by atoms with Crippen LogP contribution in [0.25, 0.3) is 5.69 Å². The summed E-state index contributed by atoms with van der Waals surface area (Å²) in [6.45, 7) is 7.61. The van der Waals surface area contributed by atoms with E-state index in [0.717, 1.165) is 18.7 Å². The number of carbonyl (C=O) groups excluding carboxylic acids is 1. The molecule has 0 aliphatic rings. The maximum absolute atomic E-state index is 12.2. The van der Waals surface area contributed by atoms with Crippen LogP contribution < -0.4 is 10.6 Å². The van der Waals surface area contributed by atoms with Gasteiger partial charge in [0.1, 0.15) is 5.82 Å². The van der Waals surface area contributed by atoms with Crippen molar-refractivity contribution in [2.75, 3.05) is 20.1 Å². The third kappa shape index (κ3) is 4.79. The molecule has 2 aromatic rings. The molecule has 1 amide bonds. The van der Waals surface area contributed by atoms with Crippen LogP contribution in [0.15, 0.2) is 24.3 Å². The Kier molecular flexibility index (Phi) is 7.88. The predicted octanol–water partition coefficient (Wildman–Crippen LogP) is 2.46. The van der Waals surface area contributed by atoms with E-state index in [9.17, 15) is 4.79 Å². The van der Waals surface area contributed by atoms with E-state index in [2.05, 4.69) is 40.6 Å². The molecule has 0 saturated carbocycles. The van der Waals surface area contributed by atoms with Crippen LogP contribution in [0.1, 0.15) is 48.2 Å². The first-order valence-electron chi connectivity index (χ1n) is 8.00. The summed E-state index contributed by atoms with van der Waals surface area (Å²) in [7, 11) is 1.89. The SMILES string of the molecule is CNCCCNC(=O)c1nc(C)n(-c2ccccc2C(C)C)n1.Cl. The fourth-order valence-electron chi connectivity index (χ4n) is 2.43. The average Bonchev–Trinajstić information content (AvgIpc) is 2.93. The Balaban J connectivity index is 0.00000288. The van der Waals surface area contributed by atoms with Gasteiger partial charge in [-0.25, -0.2) is 9.67 Å². The van der Waals surface area contributed by atoms with Gasteiger partial charge < -0.3 is 10.6 Å². The molecule has 2 N–H and O–H groups in total. The molecule has 24 heavy (non-hydrogen) atoms. The minimum absolute atomic E-state index is 0. The number of carbonyl (C=O) groups is 1. The van der Waals surface area contributed by atoms with Crippen LogP contribution in [-0.4, -0.2) is 40.8 Å². The van der Waals surface area contributed by atoms with Crippen LogP contribution in [0, 0.1) is 6.92 Å². The minimum atomic E-state index is -0.231. The van der Waals surface area contributed by atoms with Crippen LogP contribution in [0.3, 0.4) is 0 Å². The Hall–Kier alpha value is -1.92. The molecular formula is C17H26ClN5O. The van der Waals surface area contributed by atoms with Crippen molar-refractivity contribution in [2.45, 2.75) is 33.1 Å². The molecule has 0 radical (unpaired) electrons. The van der Waals surface area contributed by atoms with E-state index in [1.54, 1.807) is 4.68 Å². The van der Waals surface area contributed by atoms with Crippen molar-refractivity contribution < 1.29 is 4.79 Å². The summed E-state index contributed by atoms with van der Waals surface area (Å²) < 4.78 is 1.75. The number of rotatable bonds is 7. The second kappa shape index (κ2) is 9.39. The van der Waals surface area contributed by atoms with E-state index >= 15 is 0 Å². The second-order valence-corrected chi connectivity index (χ2v) is 5.82. The van der Waals surface area contributed by atoms with Crippen LogP contribution in [0.2, 0.25) is 0 Å². The number of aryl methyl sites for hydroxylation is 1. The summed E-state index contributed by atoms with van der Waals surface area (Å²) in [5, 5.41) is 10.3. The third-order valence-electron chi connectivity index (χ3n) is 3.65. The topological polar surface area (TPSA) is 71.8 Å². The summed E-state index contributed by atoms with van der Waals surface area (Å²) in [6, 6.07) is 8.07. The molecule has 0 aliphatic carbocycles. The zero-order chi connectivity index (χ0) is 16.8. The number of nitrogens with one attached hydrogen (secondary N) is 2. The maximum atomic E-state index is 12.2. The Morgan fingerprint density at radius 1 is 1.25 bits per heavy atom. The molecule has 7 heteroatoms. The Labute approximate surface area is 149 Å². The molecular weight excluding hydrogens is 326 g/mol. The highest BCUT2D eigenvalue weighted by Gasteiger charge is 2.17.